The SMILES string of the molecule is C[C@@H](OC(C)(C)C)[C@H](NC(=O)OC(C)(C)C)C(=O)N(C(=O)OC(C)(C)C)[C@H](C=O)[C@@H](C)OC(C)(C)C. The summed E-state index contributed by atoms with van der Waals surface area (Å²) in [5, 5.41) is 2.52. The van der Waals surface area contributed by atoms with Crippen LogP contribution in [0.1, 0.15) is 96.9 Å². The highest BCUT2D eigenvalue weighted by Crippen LogP contribution is 2.22. The number of imide groups is 1. The molecular formula is C26H48N2O8. The normalized spacial score (nSPS) is 16.3. The maximum Gasteiger partial charge on any atom is 0.417 e. The van der Waals surface area contributed by atoms with E-state index in [9.17, 15) is 19.2 Å². The Kier molecular flexibility index (Phi) is 11.6. The Balaban J connectivity index is 6.56. The lowest BCUT2D eigenvalue weighted by atomic mass is 10.1. The fraction of sp³-hybridized carbons (Fsp3) is 0.846. The molecule has 0 bridgehead atoms. The van der Waals surface area contributed by atoms with Crippen LogP contribution < -0.4 is 5.32 Å². The van der Waals surface area contributed by atoms with Crippen molar-refractivity contribution in [2.24, 2.45) is 0 Å². The number of aldehydes is 1. The lowest BCUT2D eigenvalue weighted by molar-refractivity contribution is -0.151. The molecule has 0 aliphatic rings. The van der Waals surface area contributed by atoms with Crippen molar-refractivity contribution in [2.75, 3.05) is 0 Å². The van der Waals surface area contributed by atoms with Crippen molar-refractivity contribution in [1.82, 2.24) is 10.2 Å². The number of hydrogen-bond acceptors (Lipinski definition) is 8. The van der Waals surface area contributed by atoms with E-state index in [4.69, 9.17) is 18.9 Å². The van der Waals surface area contributed by atoms with Gasteiger partial charge in [0.15, 0.2) is 0 Å². The number of hydrogen-bond donors (Lipinski definition) is 1. The Hall–Kier alpha value is -2.20. The van der Waals surface area contributed by atoms with E-state index < -0.39 is 64.8 Å². The van der Waals surface area contributed by atoms with Crippen LogP contribution in [0.5, 0.6) is 0 Å². The Morgan fingerprint density at radius 1 is 0.694 bits per heavy atom. The van der Waals surface area contributed by atoms with Gasteiger partial charge in [0.05, 0.1) is 23.4 Å². The van der Waals surface area contributed by atoms with Gasteiger partial charge in [0, 0.05) is 0 Å². The summed E-state index contributed by atoms with van der Waals surface area (Å²) in [6.45, 7) is 23.9. The first-order valence-corrected chi connectivity index (χ1v) is 12.2. The molecule has 1 N–H and O–H groups in total. The highest BCUT2D eigenvalue weighted by molar-refractivity contribution is 5.99. The number of carbonyl (C=O) groups excluding carboxylic acids is 4. The number of carbonyl (C=O) groups is 4. The molecular weight excluding hydrogens is 468 g/mol. The molecule has 10 heteroatoms. The molecule has 0 rings (SSSR count). The van der Waals surface area contributed by atoms with Gasteiger partial charge < -0.3 is 29.1 Å². The van der Waals surface area contributed by atoms with Crippen LogP contribution in [-0.2, 0) is 28.5 Å². The fourth-order valence-electron chi connectivity index (χ4n) is 3.27. The molecule has 0 radical (unpaired) electrons. The fourth-order valence-corrected chi connectivity index (χ4v) is 3.27. The molecule has 0 aromatic heterocycles. The van der Waals surface area contributed by atoms with Gasteiger partial charge in [-0.25, -0.2) is 14.5 Å². The third-order valence-corrected chi connectivity index (χ3v) is 4.23. The second-order valence-electron chi connectivity index (χ2n) is 12.8. The predicted octanol–water partition coefficient (Wildman–Crippen LogP) is 4.62. The van der Waals surface area contributed by atoms with Crippen LogP contribution in [0.15, 0.2) is 0 Å². The second kappa shape index (κ2) is 12.4. The summed E-state index contributed by atoms with van der Waals surface area (Å²) in [7, 11) is 0. The van der Waals surface area contributed by atoms with E-state index in [2.05, 4.69) is 5.32 Å². The van der Waals surface area contributed by atoms with Crippen LogP contribution in [0.2, 0.25) is 0 Å². The zero-order chi connectivity index (χ0) is 28.9. The van der Waals surface area contributed by atoms with Crippen LogP contribution in [0, 0.1) is 0 Å². The summed E-state index contributed by atoms with van der Waals surface area (Å²) in [4.78, 5) is 52.8. The molecule has 0 fully saturated rings. The third-order valence-electron chi connectivity index (χ3n) is 4.23. The third kappa shape index (κ3) is 13.2. The molecule has 0 heterocycles. The van der Waals surface area contributed by atoms with Crippen molar-refractivity contribution < 1.29 is 38.1 Å². The Morgan fingerprint density at radius 3 is 1.47 bits per heavy atom. The van der Waals surface area contributed by atoms with Crippen molar-refractivity contribution >= 4 is 24.4 Å². The number of nitrogens with zero attached hydrogens (tertiary/aromatic N) is 1. The van der Waals surface area contributed by atoms with Crippen LogP contribution >= 0.6 is 0 Å². The molecule has 4 atom stereocenters. The van der Waals surface area contributed by atoms with Gasteiger partial charge in [-0.1, -0.05) is 0 Å². The van der Waals surface area contributed by atoms with Crippen molar-refractivity contribution in [1.29, 1.82) is 0 Å². The van der Waals surface area contributed by atoms with Gasteiger partial charge in [-0.3, -0.25) is 4.79 Å². The Bertz CT molecular complexity index is 769. The number of nitrogens with one attached hydrogen (secondary N) is 1. The monoisotopic (exact) mass is 516 g/mol. The maximum atomic E-state index is 13.9. The topological polar surface area (TPSA) is 120 Å². The average Bonchev–Trinajstić information content (AvgIpc) is 2.57. The number of alkyl carbamates (subject to hydrolysis) is 1. The molecule has 0 aliphatic carbocycles. The van der Waals surface area contributed by atoms with Crippen LogP contribution in [-0.4, -0.2) is 76.0 Å². The molecule has 0 aromatic carbocycles. The number of amides is 3. The minimum Gasteiger partial charge on any atom is -0.444 e. The summed E-state index contributed by atoms with van der Waals surface area (Å²) in [6.07, 6.45) is -3.25. The zero-order valence-electron chi connectivity index (χ0n) is 24.6. The van der Waals surface area contributed by atoms with E-state index in [0.717, 1.165) is 0 Å². The van der Waals surface area contributed by atoms with Crippen molar-refractivity contribution in [2.45, 2.75) is 144 Å². The summed E-state index contributed by atoms with van der Waals surface area (Å²) in [5.74, 6) is -0.895. The van der Waals surface area contributed by atoms with Crippen molar-refractivity contribution in [3.05, 3.63) is 0 Å². The van der Waals surface area contributed by atoms with Gasteiger partial charge in [0.2, 0.25) is 0 Å². The molecule has 210 valence electrons. The van der Waals surface area contributed by atoms with Gasteiger partial charge in [0.25, 0.3) is 5.91 Å². The average molecular weight is 517 g/mol. The highest BCUT2D eigenvalue weighted by atomic mass is 16.6. The van der Waals surface area contributed by atoms with E-state index in [1.54, 1.807) is 96.9 Å². The molecule has 36 heavy (non-hydrogen) atoms. The van der Waals surface area contributed by atoms with Crippen LogP contribution in [0.4, 0.5) is 9.59 Å². The molecule has 0 saturated heterocycles. The smallest absolute Gasteiger partial charge is 0.417 e. The van der Waals surface area contributed by atoms with Crippen molar-refractivity contribution in [3.8, 4) is 0 Å². The molecule has 0 saturated carbocycles. The van der Waals surface area contributed by atoms with Gasteiger partial charge in [-0.2, -0.15) is 0 Å². The van der Waals surface area contributed by atoms with E-state index in [1.807, 2.05) is 0 Å². The molecule has 0 spiro atoms. The Morgan fingerprint density at radius 2 is 1.11 bits per heavy atom. The van der Waals surface area contributed by atoms with E-state index in [0.29, 0.717) is 11.2 Å². The van der Waals surface area contributed by atoms with Crippen LogP contribution in [0.3, 0.4) is 0 Å². The summed E-state index contributed by atoms with van der Waals surface area (Å²) in [6, 6.07) is -2.72. The lowest BCUT2D eigenvalue weighted by Crippen LogP contribution is -2.62. The first-order chi connectivity index (χ1) is 15.9. The van der Waals surface area contributed by atoms with Crippen LogP contribution in [0.25, 0.3) is 0 Å². The standard InChI is InChI=1S/C26H48N2O8/c1-16(33-23(3,4)5)18(15-29)28(22(32)36-26(12,13)14)20(30)19(17(2)34-24(6,7)8)27-21(31)35-25(9,10)11/h15-19H,1-14H3,(H,27,31)/t16-,17-,18-,19+/m1/s1. The predicted molar refractivity (Wildman–Crippen MR) is 137 cm³/mol. The van der Waals surface area contributed by atoms with Gasteiger partial charge in [-0.05, 0) is 96.9 Å². The molecule has 0 aliphatic heterocycles. The quantitative estimate of drug-likeness (QED) is 0.464. The maximum absolute atomic E-state index is 13.9. The molecule has 3 amide bonds. The Labute approximate surface area is 216 Å². The van der Waals surface area contributed by atoms with E-state index in [1.165, 1.54) is 0 Å². The van der Waals surface area contributed by atoms with Gasteiger partial charge in [0.1, 0.15) is 29.6 Å². The minimum atomic E-state index is -1.38. The largest absolute Gasteiger partial charge is 0.444 e. The second-order valence-corrected chi connectivity index (χ2v) is 12.8. The zero-order valence-corrected chi connectivity index (χ0v) is 24.6. The summed E-state index contributed by atoms with van der Waals surface area (Å²) in [5.41, 5.74) is -3.15. The van der Waals surface area contributed by atoms with E-state index >= 15 is 0 Å². The summed E-state index contributed by atoms with van der Waals surface area (Å²) >= 11 is 0. The van der Waals surface area contributed by atoms with Crippen molar-refractivity contribution in [3.63, 3.8) is 0 Å². The highest BCUT2D eigenvalue weighted by Gasteiger charge is 2.44. The minimum absolute atomic E-state index is 0.456. The van der Waals surface area contributed by atoms with Gasteiger partial charge in [-0.15, -0.1) is 0 Å². The molecule has 0 aromatic rings. The van der Waals surface area contributed by atoms with E-state index in [-0.39, 0.29) is 0 Å². The molecule has 0 unspecified atom stereocenters. The molecule has 10 nitrogen and oxygen atoms in total. The number of ether oxygens (including phenoxy) is 4. The lowest BCUT2D eigenvalue weighted by Gasteiger charge is -2.38. The number of rotatable bonds is 8. The first-order valence-electron chi connectivity index (χ1n) is 12.2. The first kappa shape index (κ1) is 33.8. The summed E-state index contributed by atoms with van der Waals surface area (Å²) < 4.78 is 22.6. The van der Waals surface area contributed by atoms with Gasteiger partial charge >= 0.3 is 12.2 Å².